The quantitative estimate of drug-likeness (QED) is 0.897. The van der Waals surface area contributed by atoms with Crippen LogP contribution in [0.1, 0.15) is 52.5 Å². The lowest BCUT2D eigenvalue weighted by molar-refractivity contribution is -0.127. The fraction of sp³-hybridized carbons (Fsp3) is 0.632. The Bertz CT molecular complexity index is 512. The molecule has 0 radical (unpaired) electrons. The van der Waals surface area contributed by atoms with E-state index in [1.54, 1.807) is 6.92 Å². The average Bonchev–Trinajstić information content (AvgIpc) is 2.47. The molecule has 1 atom stereocenters. The van der Waals surface area contributed by atoms with Crippen LogP contribution in [0.2, 0.25) is 0 Å². The highest BCUT2D eigenvalue weighted by Crippen LogP contribution is 2.25. The van der Waals surface area contributed by atoms with Gasteiger partial charge in [-0.1, -0.05) is 30.3 Å². The highest BCUT2D eigenvalue weighted by molar-refractivity contribution is 5.77. The molecule has 1 aliphatic rings. The average molecular weight is 318 g/mol. The van der Waals surface area contributed by atoms with Crippen molar-refractivity contribution < 1.29 is 9.90 Å². The third-order valence-corrected chi connectivity index (χ3v) is 4.71. The zero-order valence-electron chi connectivity index (χ0n) is 14.8. The molecule has 0 bridgehead atoms. The molecule has 0 aromatic heterocycles. The summed E-state index contributed by atoms with van der Waals surface area (Å²) in [7, 11) is 0. The third kappa shape index (κ3) is 5.05. The summed E-state index contributed by atoms with van der Waals surface area (Å²) in [6, 6.07) is 9.59. The summed E-state index contributed by atoms with van der Waals surface area (Å²) in [5.41, 5.74) is -0.165. The van der Waals surface area contributed by atoms with Crippen LogP contribution in [0, 0.1) is 0 Å². The molecule has 0 spiro atoms. The topological polar surface area (TPSA) is 52.6 Å². The standard InChI is InChI=1S/C19H30N2O2/c1-18(2,3)21-12-10-16(11-13-21)20-17(22)14-19(4,23)15-8-6-5-7-9-15/h5-9,16,23H,10-14H2,1-4H3,(H,20,22). The molecule has 1 unspecified atom stereocenters. The maximum atomic E-state index is 12.3. The summed E-state index contributed by atoms with van der Waals surface area (Å²) >= 11 is 0. The van der Waals surface area contributed by atoms with E-state index < -0.39 is 5.60 Å². The number of carbonyl (C=O) groups is 1. The molecule has 128 valence electrons. The Labute approximate surface area is 139 Å². The smallest absolute Gasteiger partial charge is 0.223 e. The minimum atomic E-state index is -1.13. The van der Waals surface area contributed by atoms with E-state index >= 15 is 0 Å². The summed E-state index contributed by atoms with van der Waals surface area (Å²) in [4.78, 5) is 14.7. The molecule has 1 aromatic carbocycles. The number of aliphatic hydroxyl groups is 1. The van der Waals surface area contributed by atoms with Crippen LogP contribution in [0.25, 0.3) is 0 Å². The van der Waals surface area contributed by atoms with Gasteiger partial charge in [0.15, 0.2) is 0 Å². The van der Waals surface area contributed by atoms with Crippen LogP contribution in [0.15, 0.2) is 30.3 Å². The molecule has 0 saturated carbocycles. The molecule has 1 amide bonds. The van der Waals surface area contributed by atoms with Crippen LogP contribution in [0.3, 0.4) is 0 Å². The normalized spacial score (nSPS) is 20.0. The number of likely N-dealkylation sites (tertiary alicyclic amines) is 1. The largest absolute Gasteiger partial charge is 0.385 e. The first-order chi connectivity index (χ1) is 10.7. The summed E-state index contributed by atoms with van der Waals surface area (Å²) in [5, 5.41) is 13.7. The van der Waals surface area contributed by atoms with Crippen LogP contribution in [-0.4, -0.2) is 40.6 Å². The molecule has 1 saturated heterocycles. The Balaban J connectivity index is 1.84. The Morgan fingerprint density at radius 3 is 2.26 bits per heavy atom. The van der Waals surface area contributed by atoms with E-state index in [4.69, 9.17) is 0 Å². The molecule has 4 heteroatoms. The molecule has 1 aliphatic heterocycles. The summed E-state index contributed by atoms with van der Waals surface area (Å²) in [5.74, 6) is -0.0759. The third-order valence-electron chi connectivity index (χ3n) is 4.71. The first kappa shape index (κ1) is 18.0. The second kappa shape index (κ2) is 7.02. The Morgan fingerprint density at radius 2 is 1.74 bits per heavy atom. The molecule has 23 heavy (non-hydrogen) atoms. The highest BCUT2D eigenvalue weighted by Gasteiger charge is 2.30. The number of benzene rings is 1. The van der Waals surface area contributed by atoms with Crippen molar-refractivity contribution in [2.75, 3.05) is 13.1 Å². The van der Waals surface area contributed by atoms with Gasteiger partial charge in [0.2, 0.25) is 5.91 Å². The van der Waals surface area contributed by atoms with Crippen LogP contribution >= 0.6 is 0 Å². The monoisotopic (exact) mass is 318 g/mol. The maximum Gasteiger partial charge on any atom is 0.223 e. The van der Waals surface area contributed by atoms with Gasteiger partial charge in [-0.25, -0.2) is 0 Å². The fourth-order valence-electron chi connectivity index (χ4n) is 3.19. The van der Waals surface area contributed by atoms with Gasteiger partial charge in [0.25, 0.3) is 0 Å². The molecule has 4 nitrogen and oxygen atoms in total. The van der Waals surface area contributed by atoms with Gasteiger partial charge in [-0.15, -0.1) is 0 Å². The van der Waals surface area contributed by atoms with E-state index in [0.29, 0.717) is 0 Å². The zero-order valence-corrected chi connectivity index (χ0v) is 14.8. The van der Waals surface area contributed by atoms with Crippen molar-refractivity contribution in [3.63, 3.8) is 0 Å². The number of nitrogens with zero attached hydrogens (tertiary/aromatic N) is 1. The van der Waals surface area contributed by atoms with Crippen molar-refractivity contribution in [2.24, 2.45) is 0 Å². The molecular weight excluding hydrogens is 288 g/mol. The number of amides is 1. The van der Waals surface area contributed by atoms with Gasteiger partial charge < -0.3 is 10.4 Å². The Kier molecular flexibility index (Phi) is 5.48. The van der Waals surface area contributed by atoms with Crippen LogP contribution in [0.5, 0.6) is 0 Å². The zero-order chi connectivity index (χ0) is 17.1. The van der Waals surface area contributed by atoms with E-state index in [0.717, 1.165) is 31.5 Å². The predicted molar refractivity (Wildman–Crippen MR) is 93.1 cm³/mol. The first-order valence-electron chi connectivity index (χ1n) is 8.51. The predicted octanol–water partition coefficient (Wildman–Crippen LogP) is 2.66. The number of carbonyl (C=O) groups excluding carboxylic acids is 1. The molecule has 2 N–H and O–H groups in total. The van der Waals surface area contributed by atoms with Crippen LogP contribution in [-0.2, 0) is 10.4 Å². The van der Waals surface area contributed by atoms with Crippen molar-refractivity contribution in [1.82, 2.24) is 10.2 Å². The van der Waals surface area contributed by atoms with E-state index in [-0.39, 0.29) is 23.9 Å². The molecular formula is C19H30N2O2. The van der Waals surface area contributed by atoms with Gasteiger partial charge in [-0.2, -0.15) is 0 Å². The molecule has 1 aromatic rings. The van der Waals surface area contributed by atoms with Crippen molar-refractivity contribution in [2.45, 2.75) is 64.1 Å². The molecule has 1 fully saturated rings. The second-order valence-electron chi connectivity index (χ2n) is 7.82. The molecule has 1 heterocycles. The highest BCUT2D eigenvalue weighted by atomic mass is 16.3. The minimum Gasteiger partial charge on any atom is -0.385 e. The number of hydrogen-bond donors (Lipinski definition) is 2. The number of rotatable bonds is 4. The Morgan fingerprint density at radius 1 is 1.17 bits per heavy atom. The van der Waals surface area contributed by atoms with Gasteiger partial charge in [0.1, 0.15) is 0 Å². The lowest BCUT2D eigenvalue weighted by Crippen LogP contribution is -2.51. The second-order valence-corrected chi connectivity index (χ2v) is 7.82. The first-order valence-corrected chi connectivity index (χ1v) is 8.51. The van der Waals surface area contributed by atoms with Gasteiger partial charge in [-0.3, -0.25) is 9.69 Å². The van der Waals surface area contributed by atoms with Crippen molar-refractivity contribution in [1.29, 1.82) is 0 Å². The number of hydrogen-bond acceptors (Lipinski definition) is 3. The van der Waals surface area contributed by atoms with E-state index in [1.807, 2.05) is 30.3 Å². The fourth-order valence-corrected chi connectivity index (χ4v) is 3.19. The van der Waals surface area contributed by atoms with E-state index in [9.17, 15) is 9.90 Å². The van der Waals surface area contributed by atoms with Crippen molar-refractivity contribution in [3.8, 4) is 0 Å². The molecule has 0 aliphatic carbocycles. The van der Waals surface area contributed by atoms with Gasteiger partial charge in [0, 0.05) is 24.7 Å². The van der Waals surface area contributed by atoms with Crippen LogP contribution < -0.4 is 5.32 Å². The SMILES string of the molecule is CC(O)(CC(=O)NC1CCN(C(C)(C)C)CC1)c1ccccc1. The number of nitrogens with one attached hydrogen (secondary N) is 1. The van der Waals surface area contributed by atoms with Crippen molar-refractivity contribution >= 4 is 5.91 Å². The summed E-state index contributed by atoms with van der Waals surface area (Å²) in [6.07, 6.45) is 2.03. The van der Waals surface area contributed by atoms with E-state index in [2.05, 4.69) is 31.0 Å². The number of piperidine rings is 1. The molecule has 2 rings (SSSR count). The summed E-state index contributed by atoms with van der Waals surface area (Å²) in [6.45, 7) is 10.4. The maximum absolute atomic E-state index is 12.3. The lowest BCUT2D eigenvalue weighted by atomic mass is 9.91. The minimum absolute atomic E-state index is 0.0759. The summed E-state index contributed by atoms with van der Waals surface area (Å²) < 4.78 is 0. The lowest BCUT2D eigenvalue weighted by Gasteiger charge is -2.41. The van der Waals surface area contributed by atoms with Crippen LogP contribution in [0.4, 0.5) is 0 Å². The van der Waals surface area contributed by atoms with Crippen molar-refractivity contribution in [3.05, 3.63) is 35.9 Å². The van der Waals surface area contributed by atoms with Gasteiger partial charge in [-0.05, 0) is 46.1 Å². The van der Waals surface area contributed by atoms with E-state index in [1.165, 1.54) is 0 Å². The van der Waals surface area contributed by atoms with Gasteiger partial charge in [0.05, 0.1) is 12.0 Å². The Hall–Kier alpha value is -1.39. The van der Waals surface area contributed by atoms with Gasteiger partial charge >= 0.3 is 0 Å².